The summed E-state index contributed by atoms with van der Waals surface area (Å²) in [7, 11) is 1.49. The maximum atomic E-state index is 10.4. The lowest BCUT2D eigenvalue weighted by atomic mass is 10.2. The Morgan fingerprint density at radius 3 is 2.62 bits per heavy atom. The van der Waals surface area contributed by atoms with E-state index in [1.165, 1.54) is 13.2 Å². The van der Waals surface area contributed by atoms with Crippen molar-refractivity contribution >= 4 is 45.2 Å². The van der Waals surface area contributed by atoms with E-state index in [-0.39, 0.29) is 6.61 Å². The van der Waals surface area contributed by atoms with Gasteiger partial charge in [0.15, 0.2) is 11.5 Å². The highest BCUT2D eigenvalue weighted by molar-refractivity contribution is 9.10. The normalized spacial score (nSPS) is 10.8. The van der Waals surface area contributed by atoms with Gasteiger partial charge < -0.3 is 9.47 Å². The molecule has 0 saturated carbocycles. The Kier molecular flexibility index (Phi) is 6.48. The number of hydrogen-bond acceptors (Lipinski definition) is 4. The molecule has 0 spiro atoms. The van der Waals surface area contributed by atoms with Crippen LogP contribution in [0.15, 0.2) is 41.0 Å². The van der Waals surface area contributed by atoms with Crippen molar-refractivity contribution in [3.63, 3.8) is 0 Å². The molecule has 0 heterocycles. The monoisotopic (exact) mass is 431 g/mol. The number of methoxy groups -OCH3 is 1. The Balaban J connectivity index is 2.23. The molecule has 126 valence electrons. The van der Waals surface area contributed by atoms with Crippen LogP contribution in [0, 0.1) is 10.1 Å². The first-order valence-corrected chi connectivity index (χ1v) is 8.21. The van der Waals surface area contributed by atoms with E-state index < -0.39 is 4.92 Å². The summed E-state index contributed by atoms with van der Waals surface area (Å²) in [5.41, 5.74) is 1.37. The molecule has 5 nitrogen and oxygen atoms in total. The van der Waals surface area contributed by atoms with Crippen LogP contribution >= 0.6 is 39.1 Å². The molecular formula is C16H12BrCl2NO4. The summed E-state index contributed by atoms with van der Waals surface area (Å²) in [6.45, 7) is 0.225. The van der Waals surface area contributed by atoms with Crippen LogP contribution in [-0.2, 0) is 6.61 Å². The quantitative estimate of drug-likeness (QED) is 0.440. The second-order valence-electron chi connectivity index (χ2n) is 4.65. The van der Waals surface area contributed by atoms with Gasteiger partial charge >= 0.3 is 0 Å². The lowest BCUT2D eigenvalue weighted by molar-refractivity contribution is -0.400. The van der Waals surface area contributed by atoms with Crippen molar-refractivity contribution < 1.29 is 14.4 Å². The van der Waals surface area contributed by atoms with Gasteiger partial charge in [0, 0.05) is 26.2 Å². The van der Waals surface area contributed by atoms with E-state index in [2.05, 4.69) is 15.9 Å². The number of nitrogens with zero attached hydrogens (tertiary/aromatic N) is 1. The predicted molar refractivity (Wildman–Crippen MR) is 97.5 cm³/mol. The van der Waals surface area contributed by atoms with Crippen LogP contribution in [0.25, 0.3) is 6.08 Å². The van der Waals surface area contributed by atoms with Gasteiger partial charge in [0.1, 0.15) is 6.61 Å². The predicted octanol–water partition coefficient (Wildman–Crippen LogP) is 5.59. The van der Waals surface area contributed by atoms with E-state index in [9.17, 15) is 10.1 Å². The number of halogens is 3. The molecule has 2 aromatic carbocycles. The minimum Gasteiger partial charge on any atom is -0.493 e. The van der Waals surface area contributed by atoms with Gasteiger partial charge in [0.2, 0.25) is 6.20 Å². The number of ether oxygens (including phenoxy) is 2. The highest BCUT2D eigenvalue weighted by Crippen LogP contribution is 2.35. The van der Waals surface area contributed by atoms with Gasteiger partial charge in [-0.15, -0.1) is 0 Å². The topological polar surface area (TPSA) is 61.6 Å². The lowest BCUT2D eigenvalue weighted by Crippen LogP contribution is -1.99. The van der Waals surface area contributed by atoms with Crippen LogP contribution in [0.1, 0.15) is 11.1 Å². The van der Waals surface area contributed by atoms with Crippen LogP contribution in [0.3, 0.4) is 0 Å². The molecule has 0 aromatic heterocycles. The van der Waals surface area contributed by atoms with Gasteiger partial charge in [0.05, 0.1) is 12.0 Å². The Morgan fingerprint density at radius 1 is 1.25 bits per heavy atom. The first kappa shape index (κ1) is 18.6. The highest BCUT2D eigenvalue weighted by Gasteiger charge is 2.11. The molecule has 0 aliphatic heterocycles. The number of benzene rings is 2. The maximum absolute atomic E-state index is 10.4. The third-order valence-electron chi connectivity index (χ3n) is 3.06. The summed E-state index contributed by atoms with van der Waals surface area (Å²) in [4.78, 5) is 9.91. The second kappa shape index (κ2) is 8.37. The van der Waals surface area contributed by atoms with Gasteiger partial charge in [-0.3, -0.25) is 10.1 Å². The van der Waals surface area contributed by atoms with Gasteiger partial charge in [-0.25, -0.2) is 0 Å². The molecule has 0 amide bonds. The van der Waals surface area contributed by atoms with Gasteiger partial charge in [-0.1, -0.05) is 45.2 Å². The molecule has 0 bridgehead atoms. The smallest absolute Gasteiger partial charge is 0.235 e. The number of rotatable bonds is 6. The van der Waals surface area contributed by atoms with E-state index in [1.54, 1.807) is 30.3 Å². The van der Waals surface area contributed by atoms with Crippen molar-refractivity contribution in [3.8, 4) is 11.5 Å². The Hall–Kier alpha value is -1.76. The molecule has 0 aliphatic carbocycles. The van der Waals surface area contributed by atoms with Gasteiger partial charge in [-0.05, 0) is 29.8 Å². The zero-order chi connectivity index (χ0) is 17.7. The van der Waals surface area contributed by atoms with Crippen molar-refractivity contribution in [3.05, 3.63) is 72.3 Å². The van der Waals surface area contributed by atoms with Crippen LogP contribution < -0.4 is 9.47 Å². The molecule has 2 rings (SSSR count). The molecule has 8 heteroatoms. The summed E-state index contributed by atoms with van der Waals surface area (Å²) < 4.78 is 11.7. The second-order valence-corrected chi connectivity index (χ2v) is 6.35. The van der Waals surface area contributed by atoms with Crippen molar-refractivity contribution in [2.45, 2.75) is 6.61 Å². The number of nitro groups is 1. The molecule has 0 N–H and O–H groups in total. The Morgan fingerprint density at radius 2 is 2.00 bits per heavy atom. The average molecular weight is 433 g/mol. The summed E-state index contributed by atoms with van der Waals surface area (Å²) >= 11 is 15.3. The molecule has 0 aliphatic rings. The fourth-order valence-electron chi connectivity index (χ4n) is 1.89. The van der Waals surface area contributed by atoms with Crippen LogP contribution in [0.2, 0.25) is 10.0 Å². The third-order valence-corrected chi connectivity index (χ3v) is 4.33. The fraction of sp³-hybridized carbons (Fsp3) is 0.125. The summed E-state index contributed by atoms with van der Waals surface area (Å²) in [5.74, 6) is 0.930. The molecular weight excluding hydrogens is 421 g/mol. The summed E-state index contributed by atoms with van der Waals surface area (Å²) in [6.07, 6.45) is 2.22. The van der Waals surface area contributed by atoms with Gasteiger partial charge in [0.25, 0.3) is 0 Å². The summed E-state index contributed by atoms with van der Waals surface area (Å²) in [6, 6.07) is 8.47. The van der Waals surface area contributed by atoms with E-state index in [0.717, 1.165) is 11.8 Å². The Labute approximate surface area is 157 Å². The lowest BCUT2D eigenvalue weighted by Gasteiger charge is -2.13. The molecule has 0 unspecified atom stereocenters. The van der Waals surface area contributed by atoms with Crippen LogP contribution in [0.5, 0.6) is 11.5 Å². The van der Waals surface area contributed by atoms with Crippen molar-refractivity contribution in [2.24, 2.45) is 0 Å². The van der Waals surface area contributed by atoms with Crippen molar-refractivity contribution in [1.82, 2.24) is 0 Å². The van der Waals surface area contributed by atoms with Crippen LogP contribution in [-0.4, -0.2) is 12.0 Å². The minimum atomic E-state index is -0.536. The molecule has 24 heavy (non-hydrogen) atoms. The molecule has 0 saturated heterocycles. The SMILES string of the molecule is COc1cc(C=C[N+](=O)[O-])c(Br)cc1OCc1ccc(Cl)cc1Cl. The standard InChI is InChI=1S/C16H12BrCl2NO4/c1-23-15-6-10(4-5-20(21)22)13(17)8-16(15)24-9-11-2-3-12(18)7-14(11)19/h2-8H,9H2,1H3. The Bertz CT molecular complexity index is 796. The first-order chi connectivity index (χ1) is 11.4. The third kappa shape index (κ3) is 4.87. The highest BCUT2D eigenvalue weighted by atomic mass is 79.9. The molecule has 2 aromatic rings. The van der Waals surface area contributed by atoms with E-state index in [1.807, 2.05) is 0 Å². The fourth-order valence-corrected chi connectivity index (χ4v) is 2.80. The van der Waals surface area contributed by atoms with Crippen LogP contribution in [0.4, 0.5) is 0 Å². The summed E-state index contributed by atoms with van der Waals surface area (Å²) in [5, 5.41) is 11.5. The first-order valence-electron chi connectivity index (χ1n) is 6.66. The number of hydrogen-bond donors (Lipinski definition) is 0. The zero-order valence-electron chi connectivity index (χ0n) is 12.5. The molecule has 0 radical (unpaired) electrons. The largest absolute Gasteiger partial charge is 0.493 e. The van der Waals surface area contributed by atoms with Crippen molar-refractivity contribution in [2.75, 3.05) is 7.11 Å². The molecule has 0 fully saturated rings. The van der Waals surface area contributed by atoms with E-state index in [4.69, 9.17) is 32.7 Å². The molecule has 0 atom stereocenters. The van der Waals surface area contributed by atoms with E-state index >= 15 is 0 Å². The minimum absolute atomic E-state index is 0.225. The van der Waals surface area contributed by atoms with E-state index in [0.29, 0.717) is 31.6 Å². The zero-order valence-corrected chi connectivity index (χ0v) is 15.6. The van der Waals surface area contributed by atoms with Gasteiger partial charge in [-0.2, -0.15) is 0 Å². The maximum Gasteiger partial charge on any atom is 0.235 e. The van der Waals surface area contributed by atoms with Crippen molar-refractivity contribution in [1.29, 1.82) is 0 Å². The average Bonchev–Trinajstić information content (AvgIpc) is 2.53.